The van der Waals surface area contributed by atoms with Crippen LogP contribution in [0.5, 0.6) is 5.75 Å². The highest BCUT2D eigenvalue weighted by Gasteiger charge is 2.31. The first kappa shape index (κ1) is 14.1. The summed E-state index contributed by atoms with van der Waals surface area (Å²) in [4.78, 5) is 2.49. The molecule has 1 aliphatic heterocycles. The van der Waals surface area contributed by atoms with E-state index in [2.05, 4.69) is 17.0 Å². The average Bonchev–Trinajstić information content (AvgIpc) is 3.07. The van der Waals surface area contributed by atoms with Crippen molar-refractivity contribution in [3.05, 3.63) is 46.8 Å². The number of likely N-dealkylation sites (tertiary alicyclic amines) is 1. The normalized spacial score (nSPS) is 19.2. The fraction of sp³-hybridized carbons (Fsp3) is 0.471. The molecule has 0 unspecified atom stereocenters. The molecular formula is C17H22N2O2. The van der Waals surface area contributed by atoms with E-state index in [1.54, 1.807) is 12.1 Å². The second-order valence-electron chi connectivity index (χ2n) is 5.75. The molecule has 0 aliphatic carbocycles. The van der Waals surface area contributed by atoms with Crippen LogP contribution in [-0.2, 0) is 13.0 Å². The van der Waals surface area contributed by atoms with E-state index in [9.17, 15) is 5.11 Å². The topological polar surface area (TPSA) is 49.5 Å². The lowest BCUT2D eigenvalue weighted by atomic mass is 10.0. The molecule has 1 atom stereocenters. The minimum absolute atomic E-state index is 0.319. The van der Waals surface area contributed by atoms with Gasteiger partial charge in [-0.3, -0.25) is 4.90 Å². The number of aryl methyl sites for hydroxylation is 2. The number of hydrogen-bond acceptors (Lipinski definition) is 4. The van der Waals surface area contributed by atoms with E-state index in [4.69, 9.17) is 4.52 Å². The Morgan fingerprint density at radius 1 is 1.33 bits per heavy atom. The highest BCUT2D eigenvalue weighted by molar-refractivity contribution is 5.29. The van der Waals surface area contributed by atoms with Gasteiger partial charge in [0.05, 0.1) is 5.69 Å². The van der Waals surface area contributed by atoms with Crippen molar-refractivity contribution in [3.8, 4) is 5.75 Å². The Bertz CT molecular complexity index is 604. The molecule has 1 N–H and O–H groups in total. The number of phenolic OH excluding ortho intramolecular Hbond substituents is 1. The van der Waals surface area contributed by atoms with Gasteiger partial charge in [0.25, 0.3) is 0 Å². The Kier molecular flexibility index (Phi) is 3.97. The first-order valence-electron chi connectivity index (χ1n) is 7.66. The van der Waals surface area contributed by atoms with Crippen LogP contribution in [-0.4, -0.2) is 21.7 Å². The summed E-state index contributed by atoms with van der Waals surface area (Å²) in [5, 5.41) is 13.5. The van der Waals surface area contributed by atoms with Crippen LogP contribution in [0.25, 0.3) is 0 Å². The number of benzene rings is 1. The first-order valence-corrected chi connectivity index (χ1v) is 7.66. The van der Waals surface area contributed by atoms with Gasteiger partial charge in [-0.25, -0.2) is 0 Å². The van der Waals surface area contributed by atoms with E-state index >= 15 is 0 Å². The molecule has 1 aromatic carbocycles. The molecule has 0 saturated carbocycles. The summed E-state index contributed by atoms with van der Waals surface area (Å²) in [5.41, 5.74) is 3.54. The Morgan fingerprint density at radius 3 is 2.81 bits per heavy atom. The monoisotopic (exact) mass is 286 g/mol. The number of aromatic nitrogens is 1. The molecule has 0 amide bonds. The standard InChI is InChI=1S/C17H22N2O2/c1-3-16-17(12(2)18-21-16)15-5-4-10-19(15)11-13-6-8-14(20)9-7-13/h6-9,15,20H,3-5,10-11H2,1-2H3/t15-/m0/s1. The number of phenols is 1. The van der Waals surface area contributed by atoms with Crippen LogP contribution < -0.4 is 0 Å². The highest BCUT2D eigenvalue weighted by atomic mass is 16.5. The molecule has 1 aliphatic rings. The first-order chi connectivity index (χ1) is 10.2. The summed E-state index contributed by atoms with van der Waals surface area (Å²) in [5.74, 6) is 1.34. The van der Waals surface area contributed by atoms with E-state index in [0.717, 1.165) is 37.4 Å². The van der Waals surface area contributed by atoms with E-state index in [1.807, 2.05) is 19.1 Å². The molecule has 0 bridgehead atoms. The van der Waals surface area contributed by atoms with E-state index in [-0.39, 0.29) is 0 Å². The number of aromatic hydroxyl groups is 1. The van der Waals surface area contributed by atoms with Crippen molar-refractivity contribution in [2.75, 3.05) is 6.54 Å². The SMILES string of the molecule is CCc1onc(C)c1[C@@H]1CCCN1Cc1ccc(O)cc1. The molecule has 2 aromatic rings. The summed E-state index contributed by atoms with van der Waals surface area (Å²) in [7, 11) is 0. The zero-order valence-electron chi connectivity index (χ0n) is 12.7. The summed E-state index contributed by atoms with van der Waals surface area (Å²) in [6.07, 6.45) is 3.25. The second kappa shape index (κ2) is 5.90. The smallest absolute Gasteiger partial charge is 0.141 e. The van der Waals surface area contributed by atoms with Gasteiger partial charge in [-0.1, -0.05) is 24.2 Å². The van der Waals surface area contributed by atoms with Crippen LogP contribution in [0.4, 0.5) is 0 Å². The summed E-state index contributed by atoms with van der Waals surface area (Å²) in [6.45, 7) is 6.15. The third-order valence-corrected chi connectivity index (χ3v) is 4.32. The van der Waals surface area contributed by atoms with Crippen molar-refractivity contribution in [2.45, 2.75) is 45.7 Å². The molecule has 112 valence electrons. The lowest BCUT2D eigenvalue weighted by Gasteiger charge is -2.24. The lowest BCUT2D eigenvalue weighted by Crippen LogP contribution is -2.23. The van der Waals surface area contributed by atoms with Gasteiger partial charge in [0.1, 0.15) is 11.5 Å². The van der Waals surface area contributed by atoms with Crippen LogP contribution in [0.1, 0.15) is 48.4 Å². The van der Waals surface area contributed by atoms with Crippen LogP contribution in [0.15, 0.2) is 28.8 Å². The molecule has 4 nitrogen and oxygen atoms in total. The Morgan fingerprint density at radius 2 is 2.10 bits per heavy atom. The van der Waals surface area contributed by atoms with Crippen molar-refractivity contribution >= 4 is 0 Å². The maximum absolute atomic E-state index is 9.39. The number of hydrogen-bond donors (Lipinski definition) is 1. The molecule has 0 spiro atoms. The largest absolute Gasteiger partial charge is 0.508 e. The number of nitrogens with zero attached hydrogens (tertiary/aromatic N) is 2. The van der Waals surface area contributed by atoms with Gasteiger partial charge in [0, 0.05) is 24.6 Å². The molecule has 4 heteroatoms. The van der Waals surface area contributed by atoms with E-state index < -0.39 is 0 Å². The zero-order chi connectivity index (χ0) is 14.8. The van der Waals surface area contributed by atoms with Gasteiger partial charge in [-0.15, -0.1) is 0 Å². The van der Waals surface area contributed by atoms with Crippen LogP contribution in [0.2, 0.25) is 0 Å². The molecule has 21 heavy (non-hydrogen) atoms. The predicted molar refractivity (Wildman–Crippen MR) is 81.1 cm³/mol. The molecular weight excluding hydrogens is 264 g/mol. The van der Waals surface area contributed by atoms with Crippen molar-refractivity contribution in [2.24, 2.45) is 0 Å². The second-order valence-corrected chi connectivity index (χ2v) is 5.75. The predicted octanol–water partition coefficient (Wildman–Crippen LogP) is 3.59. The van der Waals surface area contributed by atoms with Gasteiger partial charge in [-0.05, 0) is 44.0 Å². The minimum atomic E-state index is 0.319. The molecule has 1 aromatic heterocycles. The fourth-order valence-corrected chi connectivity index (χ4v) is 3.28. The Hall–Kier alpha value is -1.81. The van der Waals surface area contributed by atoms with Crippen molar-refractivity contribution in [1.82, 2.24) is 10.1 Å². The molecule has 3 rings (SSSR count). The maximum atomic E-state index is 9.39. The van der Waals surface area contributed by atoms with E-state index in [1.165, 1.54) is 17.5 Å². The third-order valence-electron chi connectivity index (χ3n) is 4.32. The summed E-state index contributed by atoms with van der Waals surface area (Å²) >= 11 is 0. The highest BCUT2D eigenvalue weighted by Crippen LogP contribution is 2.36. The van der Waals surface area contributed by atoms with Gasteiger partial charge >= 0.3 is 0 Å². The lowest BCUT2D eigenvalue weighted by molar-refractivity contribution is 0.245. The Labute approximate surface area is 125 Å². The average molecular weight is 286 g/mol. The molecule has 1 fully saturated rings. The van der Waals surface area contributed by atoms with Crippen molar-refractivity contribution in [3.63, 3.8) is 0 Å². The molecule has 1 saturated heterocycles. The zero-order valence-corrected chi connectivity index (χ0v) is 12.7. The van der Waals surface area contributed by atoms with Crippen LogP contribution in [0, 0.1) is 6.92 Å². The minimum Gasteiger partial charge on any atom is -0.508 e. The summed E-state index contributed by atoms with van der Waals surface area (Å²) < 4.78 is 5.46. The summed E-state index contributed by atoms with van der Waals surface area (Å²) in [6, 6.07) is 7.89. The Balaban J connectivity index is 1.82. The number of rotatable bonds is 4. The quantitative estimate of drug-likeness (QED) is 0.933. The third kappa shape index (κ3) is 2.81. The van der Waals surface area contributed by atoms with Gasteiger partial charge in [-0.2, -0.15) is 0 Å². The molecule has 0 radical (unpaired) electrons. The van der Waals surface area contributed by atoms with E-state index in [0.29, 0.717) is 11.8 Å². The van der Waals surface area contributed by atoms with Gasteiger partial charge in [0.15, 0.2) is 0 Å². The van der Waals surface area contributed by atoms with Gasteiger partial charge in [0.2, 0.25) is 0 Å². The fourth-order valence-electron chi connectivity index (χ4n) is 3.28. The maximum Gasteiger partial charge on any atom is 0.141 e. The molecule has 2 heterocycles. The van der Waals surface area contributed by atoms with Crippen molar-refractivity contribution < 1.29 is 9.63 Å². The van der Waals surface area contributed by atoms with Crippen molar-refractivity contribution in [1.29, 1.82) is 0 Å². The van der Waals surface area contributed by atoms with Crippen LogP contribution in [0.3, 0.4) is 0 Å². The van der Waals surface area contributed by atoms with Gasteiger partial charge < -0.3 is 9.63 Å². The van der Waals surface area contributed by atoms with Crippen LogP contribution >= 0.6 is 0 Å².